The molecule has 0 spiro atoms. The number of aromatic nitrogens is 3. The molecule has 0 fully saturated rings. The number of hydrogen-bond acceptors (Lipinski definition) is 5. The lowest BCUT2D eigenvalue weighted by atomic mass is 9.86. The van der Waals surface area contributed by atoms with Crippen molar-refractivity contribution < 1.29 is 9.21 Å². The van der Waals surface area contributed by atoms with Gasteiger partial charge >= 0.3 is 0 Å². The van der Waals surface area contributed by atoms with Gasteiger partial charge in [-0.2, -0.15) is 0 Å². The second-order valence-electron chi connectivity index (χ2n) is 7.32. The van der Waals surface area contributed by atoms with Gasteiger partial charge in [-0.3, -0.25) is 9.36 Å². The van der Waals surface area contributed by atoms with Crippen LogP contribution in [0.15, 0.2) is 64.9 Å². The topological polar surface area (TPSA) is 73.0 Å². The van der Waals surface area contributed by atoms with E-state index in [-0.39, 0.29) is 17.1 Å². The summed E-state index contributed by atoms with van der Waals surface area (Å²) >= 11 is 1.33. The average molecular weight is 397 g/mol. The molecule has 0 aliphatic rings. The second-order valence-corrected chi connectivity index (χ2v) is 8.26. The van der Waals surface area contributed by atoms with Crippen LogP contribution in [0.2, 0.25) is 0 Å². The van der Waals surface area contributed by atoms with Crippen molar-refractivity contribution in [3.8, 4) is 11.6 Å². The van der Waals surface area contributed by atoms with Gasteiger partial charge in [-0.05, 0) is 29.2 Å². The van der Waals surface area contributed by atoms with Gasteiger partial charge in [-0.1, -0.05) is 56.8 Å². The Kier molecular flexibility index (Phi) is 6.04. The van der Waals surface area contributed by atoms with Crippen molar-refractivity contribution in [3.63, 3.8) is 0 Å². The van der Waals surface area contributed by atoms with E-state index in [9.17, 15) is 4.79 Å². The number of thioether (sulfide) groups is 1. The van der Waals surface area contributed by atoms with E-state index in [0.717, 1.165) is 11.3 Å². The molecule has 7 heteroatoms. The summed E-state index contributed by atoms with van der Waals surface area (Å²) in [6, 6.07) is 11.5. The third kappa shape index (κ3) is 4.54. The fourth-order valence-electron chi connectivity index (χ4n) is 2.84. The normalized spacial score (nSPS) is 11.4. The molecule has 3 rings (SSSR count). The molecular formula is C21H24N4O2S. The van der Waals surface area contributed by atoms with Crippen LogP contribution >= 0.6 is 11.8 Å². The average Bonchev–Trinajstić information content (AvgIpc) is 3.29. The van der Waals surface area contributed by atoms with Crippen LogP contribution in [0.4, 0.5) is 5.69 Å². The molecule has 0 atom stereocenters. The van der Waals surface area contributed by atoms with Gasteiger partial charge in [0, 0.05) is 12.2 Å². The Hall–Kier alpha value is -2.80. The van der Waals surface area contributed by atoms with Crippen LogP contribution in [0.25, 0.3) is 11.6 Å². The predicted octanol–water partition coefficient (Wildman–Crippen LogP) is 4.75. The Morgan fingerprint density at radius 2 is 2.04 bits per heavy atom. The zero-order chi connectivity index (χ0) is 20.1. The zero-order valence-electron chi connectivity index (χ0n) is 16.3. The van der Waals surface area contributed by atoms with Crippen molar-refractivity contribution in [3.05, 3.63) is 60.9 Å². The molecule has 6 nitrogen and oxygen atoms in total. The smallest absolute Gasteiger partial charge is 0.234 e. The van der Waals surface area contributed by atoms with Crippen molar-refractivity contribution in [2.45, 2.75) is 37.9 Å². The first-order valence-corrected chi connectivity index (χ1v) is 9.99. The maximum absolute atomic E-state index is 12.5. The van der Waals surface area contributed by atoms with Gasteiger partial charge in [0.2, 0.25) is 11.7 Å². The Morgan fingerprint density at radius 1 is 1.25 bits per heavy atom. The number of amides is 1. The predicted molar refractivity (Wildman–Crippen MR) is 112 cm³/mol. The Labute approximate surface area is 169 Å². The van der Waals surface area contributed by atoms with E-state index in [1.54, 1.807) is 18.4 Å². The molecule has 0 radical (unpaired) electrons. The summed E-state index contributed by atoms with van der Waals surface area (Å²) in [5.74, 6) is 1.39. The lowest BCUT2D eigenvalue weighted by molar-refractivity contribution is -0.113. The Morgan fingerprint density at radius 3 is 2.71 bits per heavy atom. The molecule has 1 amide bonds. The van der Waals surface area contributed by atoms with Crippen LogP contribution in [0.1, 0.15) is 26.3 Å². The molecule has 0 saturated carbocycles. The summed E-state index contributed by atoms with van der Waals surface area (Å²) in [7, 11) is 0. The van der Waals surface area contributed by atoms with Gasteiger partial charge in [0.1, 0.15) is 0 Å². The van der Waals surface area contributed by atoms with Crippen molar-refractivity contribution in [1.82, 2.24) is 14.8 Å². The van der Waals surface area contributed by atoms with Crippen molar-refractivity contribution >= 4 is 23.4 Å². The van der Waals surface area contributed by atoms with E-state index in [0.29, 0.717) is 23.3 Å². The highest BCUT2D eigenvalue weighted by Crippen LogP contribution is 2.30. The molecule has 3 aromatic rings. The third-order valence-corrected chi connectivity index (χ3v) is 5.08. The summed E-state index contributed by atoms with van der Waals surface area (Å²) in [5, 5.41) is 12.1. The molecule has 0 unspecified atom stereocenters. The fraction of sp³-hybridized carbons (Fsp3) is 0.286. The Bertz CT molecular complexity index is 955. The lowest BCUT2D eigenvalue weighted by Crippen LogP contribution is -2.20. The van der Waals surface area contributed by atoms with Crippen molar-refractivity contribution in [1.29, 1.82) is 0 Å². The highest BCUT2D eigenvalue weighted by molar-refractivity contribution is 7.99. The first kappa shape index (κ1) is 19.9. The molecular weight excluding hydrogens is 372 g/mol. The number of allylic oxidation sites excluding steroid dienone is 1. The molecule has 1 aromatic carbocycles. The molecule has 28 heavy (non-hydrogen) atoms. The zero-order valence-corrected chi connectivity index (χ0v) is 17.1. The summed E-state index contributed by atoms with van der Waals surface area (Å²) in [5.41, 5.74) is 1.88. The number of nitrogens with zero attached hydrogens (tertiary/aromatic N) is 3. The molecule has 0 aliphatic heterocycles. The maximum Gasteiger partial charge on any atom is 0.234 e. The van der Waals surface area contributed by atoms with Gasteiger partial charge in [0.25, 0.3) is 0 Å². The molecule has 1 N–H and O–H groups in total. The molecule has 2 aromatic heterocycles. The van der Waals surface area contributed by atoms with E-state index < -0.39 is 0 Å². The number of carbonyl (C=O) groups is 1. The summed E-state index contributed by atoms with van der Waals surface area (Å²) in [4.78, 5) is 12.5. The van der Waals surface area contributed by atoms with Crippen molar-refractivity contribution in [2.75, 3.05) is 11.1 Å². The highest BCUT2D eigenvalue weighted by atomic mass is 32.2. The van der Waals surface area contributed by atoms with E-state index in [2.05, 4.69) is 42.9 Å². The number of furan rings is 1. The number of hydrogen-bond donors (Lipinski definition) is 1. The van der Waals surface area contributed by atoms with Gasteiger partial charge in [0.05, 0.1) is 12.0 Å². The first-order valence-electron chi connectivity index (χ1n) is 9.00. The SMILES string of the molecule is C=CCn1c(SCC(=O)Nc2ccccc2C(C)(C)C)nnc1-c1ccco1. The van der Waals surface area contributed by atoms with Crippen LogP contribution in [-0.4, -0.2) is 26.4 Å². The number of nitrogens with one attached hydrogen (secondary N) is 1. The molecule has 146 valence electrons. The number of rotatable bonds is 7. The summed E-state index contributed by atoms with van der Waals surface area (Å²) in [6.07, 6.45) is 3.36. The number of para-hydroxylation sites is 1. The number of anilines is 1. The molecule has 0 aliphatic carbocycles. The fourth-order valence-corrected chi connectivity index (χ4v) is 3.59. The summed E-state index contributed by atoms with van der Waals surface area (Å²) in [6.45, 7) is 10.7. The number of carbonyl (C=O) groups excluding carboxylic acids is 1. The minimum absolute atomic E-state index is 0.0565. The maximum atomic E-state index is 12.5. The van der Waals surface area contributed by atoms with E-state index in [1.807, 2.05) is 34.9 Å². The quantitative estimate of drug-likeness (QED) is 0.461. The van der Waals surface area contributed by atoms with Crippen LogP contribution < -0.4 is 5.32 Å². The highest BCUT2D eigenvalue weighted by Gasteiger charge is 2.20. The minimum atomic E-state index is -0.0885. The van der Waals surface area contributed by atoms with Crippen LogP contribution in [0.3, 0.4) is 0 Å². The first-order chi connectivity index (χ1) is 13.4. The van der Waals surface area contributed by atoms with Gasteiger partial charge in [-0.15, -0.1) is 16.8 Å². The van der Waals surface area contributed by atoms with Crippen LogP contribution in [0, 0.1) is 0 Å². The standard InChI is InChI=1S/C21H24N4O2S/c1-5-12-25-19(17-11-8-13-27-17)23-24-20(25)28-14-18(26)22-16-10-7-6-9-15(16)21(2,3)4/h5-11,13H,1,12,14H2,2-4H3,(H,22,26). The molecule has 0 saturated heterocycles. The number of benzene rings is 1. The van der Waals surface area contributed by atoms with Gasteiger partial charge in [0.15, 0.2) is 10.9 Å². The second kappa shape index (κ2) is 8.48. The van der Waals surface area contributed by atoms with Crippen LogP contribution in [-0.2, 0) is 16.8 Å². The van der Waals surface area contributed by atoms with E-state index in [4.69, 9.17) is 4.42 Å². The largest absolute Gasteiger partial charge is 0.461 e. The Balaban J connectivity index is 1.71. The van der Waals surface area contributed by atoms with Crippen LogP contribution in [0.5, 0.6) is 0 Å². The van der Waals surface area contributed by atoms with Gasteiger partial charge < -0.3 is 9.73 Å². The lowest BCUT2D eigenvalue weighted by Gasteiger charge is -2.22. The monoisotopic (exact) mass is 396 g/mol. The minimum Gasteiger partial charge on any atom is -0.461 e. The van der Waals surface area contributed by atoms with Crippen molar-refractivity contribution in [2.24, 2.45) is 0 Å². The summed E-state index contributed by atoms with van der Waals surface area (Å²) < 4.78 is 7.31. The molecule has 0 bridgehead atoms. The molecule has 2 heterocycles. The van der Waals surface area contributed by atoms with E-state index in [1.165, 1.54) is 11.8 Å². The third-order valence-electron chi connectivity index (χ3n) is 4.11. The van der Waals surface area contributed by atoms with Gasteiger partial charge in [-0.25, -0.2) is 0 Å². The van der Waals surface area contributed by atoms with E-state index >= 15 is 0 Å².